The summed E-state index contributed by atoms with van der Waals surface area (Å²) in [6.07, 6.45) is 4.63. The third-order valence-corrected chi connectivity index (χ3v) is 6.56. The highest BCUT2D eigenvalue weighted by Gasteiger charge is 2.38. The molecule has 0 saturated heterocycles. The van der Waals surface area contributed by atoms with E-state index in [1.54, 1.807) is 19.1 Å². The lowest BCUT2D eigenvalue weighted by molar-refractivity contribution is -0.131. The van der Waals surface area contributed by atoms with Gasteiger partial charge in [0.2, 0.25) is 5.91 Å². The normalized spacial score (nSPS) is 15.5. The van der Waals surface area contributed by atoms with Gasteiger partial charge in [-0.05, 0) is 44.0 Å². The number of nitrogens with zero attached hydrogens (tertiary/aromatic N) is 5. The average molecular weight is 414 g/mol. The van der Waals surface area contributed by atoms with E-state index in [9.17, 15) is 10.1 Å². The number of nitriles is 1. The summed E-state index contributed by atoms with van der Waals surface area (Å²) in [5.74, 6) is 1.74. The second kappa shape index (κ2) is 9.31. The lowest BCUT2D eigenvalue weighted by atomic mass is 9.81. The van der Waals surface area contributed by atoms with Crippen LogP contribution in [0.3, 0.4) is 0 Å². The zero-order valence-corrected chi connectivity index (χ0v) is 18.0. The smallest absolute Gasteiger partial charge is 0.234 e. The number of ether oxygens (including phenoxy) is 1. The van der Waals surface area contributed by atoms with Crippen molar-refractivity contribution in [2.24, 2.45) is 0 Å². The Labute approximate surface area is 176 Å². The van der Waals surface area contributed by atoms with Crippen molar-refractivity contribution in [2.45, 2.75) is 56.3 Å². The van der Waals surface area contributed by atoms with E-state index in [1.807, 2.05) is 35.8 Å². The highest BCUT2D eigenvalue weighted by atomic mass is 32.2. The van der Waals surface area contributed by atoms with Gasteiger partial charge in [-0.25, -0.2) is 0 Å². The minimum Gasteiger partial charge on any atom is -0.497 e. The van der Waals surface area contributed by atoms with Crippen molar-refractivity contribution >= 4 is 17.7 Å². The van der Waals surface area contributed by atoms with Gasteiger partial charge < -0.3 is 14.2 Å². The number of amides is 1. The van der Waals surface area contributed by atoms with Crippen LogP contribution in [0.1, 0.15) is 39.0 Å². The van der Waals surface area contributed by atoms with Crippen LogP contribution in [-0.4, -0.2) is 51.0 Å². The number of methoxy groups -OCH3 is 1. The van der Waals surface area contributed by atoms with Crippen LogP contribution >= 0.6 is 11.8 Å². The molecule has 0 unspecified atom stereocenters. The molecule has 1 heterocycles. The third kappa shape index (κ3) is 4.40. The van der Waals surface area contributed by atoms with E-state index in [1.165, 1.54) is 11.8 Å². The fourth-order valence-electron chi connectivity index (χ4n) is 3.75. The van der Waals surface area contributed by atoms with E-state index in [2.05, 4.69) is 16.3 Å². The number of benzene rings is 1. The third-order valence-electron chi connectivity index (χ3n) is 5.61. The number of hydrogen-bond donors (Lipinski definition) is 0. The van der Waals surface area contributed by atoms with Crippen molar-refractivity contribution in [3.05, 3.63) is 24.3 Å². The topological polar surface area (TPSA) is 84.0 Å². The number of thioether (sulfide) groups is 1. The maximum Gasteiger partial charge on any atom is 0.234 e. The summed E-state index contributed by atoms with van der Waals surface area (Å²) in [6, 6.07) is 10.1. The Hall–Kier alpha value is -2.53. The van der Waals surface area contributed by atoms with Crippen molar-refractivity contribution in [1.29, 1.82) is 5.26 Å². The lowest BCUT2D eigenvalue weighted by Gasteiger charge is -2.39. The summed E-state index contributed by atoms with van der Waals surface area (Å²) in [5, 5.41) is 19.0. The van der Waals surface area contributed by atoms with Crippen molar-refractivity contribution < 1.29 is 9.53 Å². The van der Waals surface area contributed by atoms with E-state index in [-0.39, 0.29) is 11.7 Å². The fraction of sp³-hybridized carbons (Fsp3) is 0.524. The van der Waals surface area contributed by atoms with Gasteiger partial charge in [-0.15, -0.1) is 10.2 Å². The van der Waals surface area contributed by atoms with Crippen LogP contribution in [0, 0.1) is 11.3 Å². The molecule has 0 radical (unpaired) electrons. The lowest BCUT2D eigenvalue weighted by Crippen LogP contribution is -2.50. The Kier molecular flexibility index (Phi) is 6.80. The number of carbonyl (C=O) groups excluding carboxylic acids is 1. The molecule has 2 aromatic rings. The van der Waals surface area contributed by atoms with Crippen LogP contribution < -0.4 is 4.74 Å². The van der Waals surface area contributed by atoms with Crippen molar-refractivity contribution in [2.75, 3.05) is 19.9 Å². The standard InChI is InChI=1S/C21H27N5O2S/c1-4-26-19(16-8-10-17(28-3)11-9-16)23-24-20(26)29-14-18(27)25(2)21(15-22)12-6-5-7-13-21/h8-11H,4-7,12-14H2,1-3H3. The molecule has 0 bridgehead atoms. The van der Waals surface area contributed by atoms with Gasteiger partial charge in [-0.3, -0.25) is 4.79 Å². The highest BCUT2D eigenvalue weighted by Crippen LogP contribution is 2.33. The number of aromatic nitrogens is 3. The predicted molar refractivity (Wildman–Crippen MR) is 113 cm³/mol. The van der Waals surface area contributed by atoms with E-state index in [0.717, 1.165) is 49.2 Å². The maximum atomic E-state index is 12.8. The molecule has 0 spiro atoms. The van der Waals surface area contributed by atoms with Gasteiger partial charge in [-0.1, -0.05) is 31.0 Å². The first-order chi connectivity index (χ1) is 14.0. The van der Waals surface area contributed by atoms with Crippen LogP contribution in [-0.2, 0) is 11.3 Å². The van der Waals surface area contributed by atoms with Crippen LogP contribution in [0.2, 0.25) is 0 Å². The minimum absolute atomic E-state index is 0.0462. The van der Waals surface area contributed by atoms with Gasteiger partial charge in [-0.2, -0.15) is 5.26 Å². The van der Waals surface area contributed by atoms with Crippen LogP contribution in [0.5, 0.6) is 5.75 Å². The predicted octanol–water partition coefficient (Wildman–Crippen LogP) is 3.75. The fourth-order valence-corrected chi connectivity index (χ4v) is 4.67. The molecular formula is C21H27N5O2S. The maximum absolute atomic E-state index is 12.8. The van der Waals surface area contributed by atoms with Gasteiger partial charge in [0, 0.05) is 19.2 Å². The molecule has 1 fully saturated rings. The molecule has 1 aromatic heterocycles. The Balaban J connectivity index is 1.71. The molecular weight excluding hydrogens is 386 g/mol. The Morgan fingerprint density at radius 1 is 1.28 bits per heavy atom. The zero-order valence-electron chi connectivity index (χ0n) is 17.2. The van der Waals surface area contributed by atoms with Gasteiger partial charge in [0.1, 0.15) is 11.3 Å². The molecule has 0 N–H and O–H groups in total. The first-order valence-electron chi connectivity index (χ1n) is 9.93. The first kappa shape index (κ1) is 21.2. The van der Waals surface area contributed by atoms with Crippen LogP contribution in [0.15, 0.2) is 29.4 Å². The van der Waals surface area contributed by atoms with Gasteiger partial charge in [0.15, 0.2) is 11.0 Å². The average Bonchev–Trinajstić information content (AvgIpc) is 3.20. The molecule has 8 heteroatoms. The van der Waals surface area contributed by atoms with Crippen LogP contribution in [0.4, 0.5) is 0 Å². The largest absolute Gasteiger partial charge is 0.497 e. The van der Waals surface area contributed by atoms with Gasteiger partial charge in [0.25, 0.3) is 0 Å². The summed E-state index contributed by atoms with van der Waals surface area (Å²) in [4.78, 5) is 14.5. The number of hydrogen-bond acceptors (Lipinski definition) is 6. The molecule has 29 heavy (non-hydrogen) atoms. The summed E-state index contributed by atoms with van der Waals surface area (Å²) < 4.78 is 7.21. The van der Waals surface area contributed by atoms with E-state index >= 15 is 0 Å². The number of carbonyl (C=O) groups is 1. The minimum atomic E-state index is -0.664. The SMILES string of the molecule is CCn1c(SCC(=O)N(C)C2(C#N)CCCCC2)nnc1-c1ccc(OC)cc1. The molecule has 1 amide bonds. The molecule has 0 atom stereocenters. The second-order valence-electron chi connectivity index (χ2n) is 7.22. The quantitative estimate of drug-likeness (QED) is 0.643. The molecule has 1 saturated carbocycles. The summed E-state index contributed by atoms with van der Waals surface area (Å²) in [6.45, 7) is 2.73. The van der Waals surface area contributed by atoms with E-state index in [4.69, 9.17) is 4.74 Å². The van der Waals surface area contributed by atoms with Crippen LogP contribution in [0.25, 0.3) is 11.4 Å². The molecule has 0 aliphatic heterocycles. The first-order valence-corrected chi connectivity index (χ1v) is 10.9. The Morgan fingerprint density at radius 3 is 2.55 bits per heavy atom. The van der Waals surface area contributed by atoms with E-state index in [0.29, 0.717) is 11.7 Å². The second-order valence-corrected chi connectivity index (χ2v) is 8.17. The van der Waals surface area contributed by atoms with Crippen molar-refractivity contribution in [1.82, 2.24) is 19.7 Å². The van der Waals surface area contributed by atoms with Crippen molar-refractivity contribution in [3.8, 4) is 23.2 Å². The zero-order chi connectivity index (χ0) is 20.9. The monoisotopic (exact) mass is 413 g/mol. The highest BCUT2D eigenvalue weighted by molar-refractivity contribution is 7.99. The number of rotatable bonds is 7. The summed E-state index contributed by atoms with van der Waals surface area (Å²) in [7, 11) is 3.39. The molecule has 1 aliphatic carbocycles. The molecule has 7 nitrogen and oxygen atoms in total. The Morgan fingerprint density at radius 2 is 1.97 bits per heavy atom. The molecule has 154 valence electrons. The Bertz CT molecular complexity index is 881. The molecule has 1 aliphatic rings. The van der Waals surface area contributed by atoms with Gasteiger partial charge in [0.05, 0.1) is 18.9 Å². The van der Waals surface area contributed by atoms with E-state index < -0.39 is 5.54 Å². The van der Waals surface area contributed by atoms with Crippen molar-refractivity contribution in [3.63, 3.8) is 0 Å². The van der Waals surface area contributed by atoms with Gasteiger partial charge >= 0.3 is 0 Å². The molecule has 1 aromatic carbocycles. The summed E-state index contributed by atoms with van der Waals surface area (Å²) >= 11 is 1.37. The summed E-state index contributed by atoms with van der Waals surface area (Å²) in [5.41, 5.74) is 0.281. The molecule has 3 rings (SSSR count).